The molecule has 2 amide bonds. The van der Waals surface area contributed by atoms with Crippen LogP contribution in [-0.4, -0.2) is 24.5 Å². The average Bonchev–Trinajstić information content (AvgIpc) is 2.63. The molecular formula is C20H21BrN2O3. The van der Waals surface area contributed by atoms with Crippen molar-refractivity contribution in [3.05, 3.63) is 58.6 Å². The fourth-order valence-electron chi connectivity index (χ4n) is 2.92. The number of nitrogens with zero attached hydrogens (tertiary/aromatic N) is 1. The molecule has 1 atom stereocenters. The van der Waals surface area contributed by atoms with Gasteiger partial charge in [-0.15, -0.1) is 0 Å². The number of benzene rings is 2. The van der Waals surface area contributed by atoms with Crippen LogP contribution in [0.3, 0.4) is 0 Å². The summed E-state index contributed by atoms with van der Waals surface area (Å²) >= 11 is 3.41. The minimum Gasteiger partial charge on any atom is -0.487 e. The maximum absolute atomic E-state index is 12.6. The van der Waals surface area contributed by atoms with E-state index in [1.54, 1.807) is 4.90 Å². The Bertz CT molecular complexity index is 809. The van der Waals surface area contributed by atoms with E-state index in [2.05, 4.69) is 21.2 Å². The molecule has 136 valence electrons. The number of carbonyl (C=O) groups excluding carboxylic acids is 2. The van der Waals surface area contributed by atoms with Crippen LogP contribution in [-0.2, 0) is 16.1 Å². The molecule has 0 radical (unpaired) electrons. The molecule has 5 nitrogen and oxygen atoms in total. The number of hydrogen-bond donors (Lipinski definition) is 1. The summed E-state index contributed by atoms with van der Waals surface area (Å²) in [5, 5.41) is 2.86. The molecule has 0 saturated heterocycles. The first-order chi connectivity index (χ1) is 12.5. The molecule has 0 fully saturated rings. The van der Waals surface area contributed by atoms with Crippen molar-refractivity contribution >= 4 is 33.4 Å². The number of hydrogen-bond acceptors (Lipinski definition) is 3. The first kappa shape index (κ1) is 18.5. The first-order valence-corrected chi connectivity index (χ1v) is 9.39. The van der Waals surface area contributed by atoms with Gasteiger partial charge < -0.3 is 15.0 Å². The highest BCUT2D eigenvalue weighted by molar-refractivity contribution is 9.10. The van der Waals surface area contributed by atoms with Crippen LogP contribution < -0.4 is 15.0 Å². The molecule has 1 N–H and O–H groups in total. The molecule has 3 rings (SSSR count). The topological polar surface area (TPSA) is 58.6 Å². The standard InChI is InChI=1S/C20H21BrN2O3/c1-14-13-23(17-7-2-3-8-18(17)26-14)20(25)10-9-19(24)22-12-15-5-4-6-16(21)11-15/h2-8,11,14H,9-10,12-13H2,1H3,(H,22,24)/t14-/m1/s1. The van der Waals surface area contributed by atoms with Gasteiger partial charge in [0.05, 0.1) is 12.2 Å². The highest BCUT2D eigenvalue weighted by Gasteiger charge is 2.27. The molecule has 0 bridgehead atoms. The molecule has 26 heavy (non-hydrogen) atoms. The summed E-state index contributed by atoms with van der Waals surface area (Å²) < 4.78 is 6.73. The van der Waals surface area contributed by atoms with Gasteiger partial charge in [-0.3, -0.25) is 9.59 Å². The van der Waals surface area contributed by atoms with E-state index in [0.29, 0.717) is 18.8 Å². The third kappa shape index (κ3) is 4.64. The second-order valence-corrected chi connectivity index (χ2v) is 7.22. The summed E-state index contributed by atoms with van der Waals surface area (Å²) in [4.78, 5) is 26.4. The lowest BCUT2D eigenvalue weighted by Gasteiger charge is -2.33. The predicted molar refractivity (Wildman–Crippen MR) is 104 cm³/mol. The Hall–Kier alpha value is -2.34. The highest BCUT2D eigenvalue weighted by atomic mass is 79.9. The number of anilines is 1. The number of carbonyl (C=O) groups is 2. The van der Waals surface area contributed by atoms with Crippen molar-refractivity contribution in [1.29, 1.82) is 0 Å². The van der Waals surface area contributed by atoms with Gasteiger partial charge >= 0.3 is 0 Å². The lowest BCUT2D eigenvalue weighted by molar-refractivity contribution is -0.125. The molecule has 1 aliphatic rings. The van der Waals surface area contributed by atoms with Gasteiger partial charge in [0.15, 0.2) is 0 Å². The zero-order valence-electron chi connectivity index (χ0n) is 14.6. The summed E-state index contributed by atoms with van der Waals surface area (Å²) in [6.07, 6.45) is 0.269. The van der Waals surface area contributed by atoms with E-state index in [1.807, 2.05) is 55.5 Å². The van der Waals surface area contributed by atoms with Gasteiger partial charge in [-0.2, -0.15) is 0 Å². The number of halogens is 1. The quantitative estimate of drug-likeness (QED) is 0.808. The Labute approximate surface area is 161 Å². The van der Waals surface area contributed by atoms with Crippen molar-refractivity contribution < 1.29 is 14.3 Å². The van der Waals surface area contributed by atoms with Crippen LogP contribution in [0.4, 0.5) is 5.69 Å². The largest absolute Gasteiger partial charge is 0.487 e. The number of amides is 2. The number of nitrogens with one attached hydrogen (secondary N) is 1. The first-order valence-electron chi connectivity index (χ1n) is 8.60. The van der Waals surface area contributed by atoms with Crippen LogP contribution >= 0.6 is 15.9 Å². The summed E-state index contributed by atoms with van der Waals surface area (Å²) in [6.45, 7) is 2.88. The van der Waals surface area contributed by atoms with Crippen LogP contribution in [0.1, 0.15) is 25.3 Å². The molecule has 0 aromatic heterocycles. The van der Waals surface area contributed by atoms with Gasteiger partial charge in [-0.25, -0.2) is 0 Å². The van der Waals surface area contributed by atoms with Crippen LogP contribution in [0.15, 0.2) is 53.0 Å². The minimum atomic E-state index is -0.132. The molecule has 1 heterocycles. The van der Waals surface area contributed by atoms with Crippen LogP contribution in [0.5, 0.6) is 5.75 Å². The number of rotatable bonds is 5. The van der Waals surface area contributed by atoms with Gasteiger partial charge in [-0.1, -0.05) is 40.2 Å². The molecular weight excluding hydrogens is 396 g/mol. The van der Waals surface area contributed by atoms with E-state index in [0.717, 1.165) is 15.7 Å². The maximum Gasteiger partial charge on any atom is 0.227 e. The van der Waals surface area contributed by atoms with E-state index < -0.39 is 0 Å². The lowest BCUT2D eigenvalue weighted by Crippen LogP contribution is -2.42. The zero-order chi connectivity index (χ0) is 18.5. The maximum atomic E-state index is 12.6. The van der Waals surface area contributed by atoms with Crippen molar-refractivity contribution in [2.75, 3.05) is 11.4 Å². The molecule has 1 aliphatic heterocycles. The molecule has 0 aliphatic carbocycles. The summed E-state index contributed by atoms with van der Waals surface area (Å²) in [7, 11) is 0. The number of fused-ring (bicyclic) bond motifs is 1. The Balaban J connectivity index is 1.53. The van der Waals surface area contributed by atoms with Crippen molar-refractivity contribution in [3.63, 3.8) is 0 Å². The van der Waals surface area contributed by atoms with Crippen LogP contribution in [0, 0.1) is 0 Å². The second-order valence-electron chi connectivity index (χ2n) is 6.31. The van der Waals surface area contributed by atoms with E-state index in [1.165, 1.54) is 0 Å². The van der Waals surface area contributed by atoms with E-state index in [-0.39, 0.29) is 30.8 Å². The molecule has 6 heteroatoms. The average molecular weight is 417 g/mol. The molecule has 0 spiro atoms. The fourth-order valence-corrected chi connectivity index (χ4v) is 3.36. The van der Waals surface area contributed by atoms with Gasteiger partial charge in [0.2, 0.25) is 11.8 Å². The Morgan fingerprint density at radius 2 is 2.00 bits per heavy atom. The summed E-state index contributed by atoms with van der Waals surface area (Å²) in [5.41, 5.74) is 1.78. The summed E-state index contributed by atoms with van der Waals surface area (Å²) in [6, 6.07) is 15.2. The SMILES string of the molecule is C[C@@H]1CN(C(=O)CCC(=O)NCc2cccc(Br)c2)c2ccccc2O1. The van der Waals surface area contributed by atoms with Crippen LogP contribution in [0.25, 0.3) is 0 Å². The monoisotopic (exact) mass is 416 g/mol. The number of ether oxygens (including phenoxy) is 1. The smallest absolute Gasteiger partial charge is 0.227 e. The predicted octanol–water partition coefficient (Wildman–Crippen LogP) is 3.66. The Kier molecular flexibility index (Phi) is 5.93. The highest BCUT2D eigenvalue weighted by Crippen LogP contribution is 2.33. The summed E-state index contributed by atoms with van der Waals surface area (Å²) in [5.74, 6) is 0.511. The van der Waals surface area contributed by atoms with E-state index >= 15 is 0 Å². The minimum absolute atomic E-state index is 0.0646. The van der Waals surface area contributed by atoms with Crippen molar-refractivity contribution in [3.8, 4) is 5.75 Å². The molecule has 0 unspecified atom stereocenters. The van der Waals surface area contributed by atoms with Gasteiger partial charge in [0, 0.05) is 23.9 Å². The molecule has 2 aromatic rings. The molecule has 2 aromatic carbocycles. The normalized spacial score (nSPS) is 15.8. The van der Waals surface area contributed by atoms with Gasteiger partial charge in [-0.05, 0) is 36.8 Å². The Morgan fingerprint density at radius 1 is 1.19 bits per heavy atom. The number of para-hydroxylation sites is 2. The lowest BCUT2D eigenvalue weighted by atomic mass is 10.1. The second kappa shape index (κ2) is 8.36. The fraction of sp³-hybridized carbons (Fsp3) is 0.300. The third-order valence-corrected chi connectivity index (χ3v) is 4.66. The van der Waals surface area contributed by atoms with Gasteiger partial charge in [0.25, 0.3) is 0 Å². The van der Waals surface area contributed by atoms with E-state index in [9.17, 15) is 9.59 Å². The van der Waals surface area contributed by atoms with Crippen molar-refractivity contribution in [2.24, 2.45) is 0 Å². The van der Waals surface area contributed by atoms with E-state index in [4.69, 9.17) is 4.74 Å². The van der Waals surface area contributed by atoms with Crippen molar-refractivity contribution in [2.45, 2.75) is 32.4 Å². The van der Waals surface area contributed by atoms with Crippen LogP contribution in [0.2, 0.25) is 0 Å². The van der Waals surface area contributed by atoms with Gasteiger partial charge in [0.1, 0.15) is 11.9 Å². The zero-order valence-corrected chi connectivity index (χ0v) is 16.2. The van der Waals surface area contributed by atoms with Crippen molar-refractivity contribution in [1.82, 2.24) is 5.32 Å². The Morgan fingerprint density at radius 3 is 2.81 bits per heavy atom. The third-order valence-electron chi connectivity index (χ3n) is 4.17. The molecule has 0 saturated carbocycles.